The number of thiophene rings is 1. The zero-order valence-electron chi connectivity index (χ0n) is 20.1. The Labute approximate surface area is 209 Å². The van der Waals surface area contributed by atoms with Crippen molar-refractivity contribution in [3.63, 3.8) is 0 Å². The summed E-state index contributed by atoms with van der Waals surface area (Å²) in [6, 6.07) is 10.6. The van der Waals surface area contributed by atoms with Crippen LogP contribution < -0.4 is 10.6 Å². The molecule has 3 atom stereocenters. The van der Waals surface area contributed by atoms with E-state index in [4.69, 9.17) is 0 Å². The summed E-state index contributed by atoms with van der Waals surface area (Å²) in [7, 11) is 3.86. The number of carbonyl (C=O) groups is 3. The summed E-state index contributed by atoms with van der Waals surface area (Å²) >= 11 is 1.57. The van der Waals surface area contributed by atoms with Crippen molar-refractivity contribution in [1.82, 2.24) is 20.4 Å². The van der Waals surface area contributed by atoms with Crippen LogP contribution in [-0.4, -0.2) is 90.2 Å². The topological polar surface area (TPSA) is 122 Å². The lowest BCUT2D eigenvalue weighted by Crippen LogP contribution is -2.50. The third-order valence-corrected chi connectivity index (χ3v) is 6.92. The Morgan fingerprint density at radius 1 is 1.11 bits per heavy atom. The van der Waals surface area contributed by atoms with E-state index in [2.05, 4.69) is 10.6 Å². The lowest BCUT2D eigenvalue weighted by molar-refractivity contribution is -0.153. The Balaban J connectivity index is 1.59. The quantitative estimate of drug-likeness (QED) is 0.360. The maximum Gasteiger partial charge on any atom is 0.255 e. The third-order valence-electron chi connectivity index (χ3n) is 5.99. The number of likely N-dealkylation sites (tertiary alicyclic amines) is 1. The van der Waals surface area contributed by atoms with Crippen LogP contribution >= 0.6 is 11.3 Å². The molecule has 1 saturated heterocycles. The predicted octanol–water partition coefficient (Wildman–Crippen LogP) is 0.784. The fourth-order valence-corrected chi connectivity index (χ4v) is 4.78. The Kier molecular flexibility index (Phi) is 9.79. The van der Waals surface area contributed by atoms with E-state index in [1.165, 1.54) is 4.90 Å². The highest BCUT2D eigenvalue weighted by molar-refractivity contribution is 7.09. The molecular formula is C25H34N4O5S. The molecule has 1 aromatic heterocycles. The number of amides is 3. The van der Waals surface area contributed by atoms with E-state index in [0.717, 1.165) is 17.0 Å². The number of nitrogens with one attached hydrogen (secondary N) is 2. The highest BCUT2D eigenvalue weighted by atomic mass is 32.1. The zero-order chi connectivity index (χ0) is 25.4. The number of hydrogen-bond donors (Lipinski definition) is 4. The molecule has 2 heterocycles. The molecule has 1 aromatic carbocycles. The normalized spacial score (nSPS) is 17.3. The summed E-state index contributed by atoms with van der Waals surface area (Å²) in [6.45, 7) is 1.93. The minimum atomic E-state index is -1.87. The van der Waals surface area contributed by atoms with E-state index in [0.29, 0.717) is 44.5 Å². The standard InChI is InChI=1S/C25H34N4O5S/c1-28(2)14-12-27-23(32)18-7-3-6-17(16-18)20-9-4-13-29(20)25(34)22(31)21(30)24(33)26-11-10-19-8-5-15-35-19/h3,5-8,15-16,20-22,30-31H,4,9-14H2,1-2H3,(H,26,33)(H,27,32)/t20?,21-,22-/m1/s1. The summed E-state index contributed by atoms with van der Waals surface area (Å²) in [5.74, 6) is -1.68. The van der Waals surface area contributed by atoms with E-state index in [9.17, 15) is 24.6 Å². The molecule has 190 valence electrons. The van der Waals surface area contributed by atoms with Gasteiger partial charge in [-0.2, -0.15) is 0 Å². The predicted molar refractivity (Wildman–Crippen MR) is 134 cm³/mol. The first-order valence-corrected chi connectivity index (χ1v) is 12.7. The van der Waals surface area contributed by atoms with Crippen LogP contribution in [0.4, 0.5) is 0 Å². The van der Waals surface area contributed by atoms with Gasteiger partial charge in [0.15, 0.2) is 12.2 Å². The average molecular weight is 503 g/mol. The Morgan fingerprint density at radius 2 is 1.91 bits per heavy atom. The van der Waals surface area contributed by atoms with Crippen molar-refractivity contribution in [3.05, 3.63) is 57.8 Å². The SMILES string of the molecule is CN(C)CCNC(=O)c1cccc(C2CCCN2C(=O)[C@H](O)[C@@H](O)C(=O)NCCc2cccs2)c1. The first kappa shape index (κ1) is 26.8. The highest BCUT2D eigenvalue weighted by Crippen LogP contribution is 2.33. The number of carbonyl (C=O) groups excluding carboxylic acids is 3. The minimum Gasteiger partial charge on any atom is -0.380 e. The lowest BCUT2D eigenvalue weighted by Gasteiger charge is -2.29. The molecular weight excluding hydrogens is 468 g/mol. The van der Waals surface area contributed by atoms with Gasteiger partial charge in [-0.1, -0.05) is 18.2 Å². The summed E-state index contributed by atoms with van der Waals surface area (Å²) in [6.07, 6.45) is -1.75. The molecule has 35 heavy (non-hydrogen) atoms. The largest absolute Gasteiger partial charge is 0.380 e. The summed E-state index contributed by atoms with van der Waals surface area (Å²) in [5, 5.41) is 28.2. The van der Waals surface area contributed by atoms with Gasteiger partial charge in [-0.3, -0.25) is 14.4 Å². The van der Waals surface area contributed by atoms with E-state index in [1.807, 2.05) is 42.6 Å². The molecule has 3 rings (SSSR count). The molecule has 10 heteroatoms. The molecule has 3 amide bonds. The van der Waals surface area contributed by atoms with Crippen LogP contribution in [0.5, 0.6) is 0 Å². The van der Waals surface area contributed by atoms with Crippen molar-refractivity contribution in [2.75, 3.05) is 40.3 Å². The molecule has 9 nitrogen and oxygen atoms in total. The van der Waals surface area contributed by atoms with Gasteiger partial charge in [0.25, 0.3) is 17.7 Å². The van der Waals surface area contributed by atoms with Crippen molar-refractivity contribution < 1.29 is 24.6 Å². The van der Waals surface area contributed by atoms with Gasteiger partial charge in [0.2, 0.25) is 0 Å². The Morgan fingerprint density at radius 3 is 2.63 bits per heavy atom. The molecule has 0 saturated carbocycles. The van der Waals surface area contributed by atoms with E-state index >= 15 is 0 Å². The van der Waals surface area contributed by atoms with Crippen molar-refractivity contribution >= 4 is 29.1 Å². The summed E-state index contributed by atoms with van der Waals surface area (Å²) in [5.41, 5.74) is 1.27. The molecule has 1 aliphatic heterocycles. The summed E-state index contributed by atoms with van der Waals surface area (Å²) < 4.78 is 0. The van der Waals surface area contributed by atoms with Crippen molar-refractivity contribution in [2.24, 2.45) is 0 Å². The van der Waals surface area contributed by atoms with Gasteiger partial charge in [-0.15, -0.1) is 11.3 Å². The third kappa shape index (κ3) is 7.35. The Hall–Kier alpha value is -2.79. The van der Waals surface area contributed by atoms with Gasteiger partial charge in [0.1, 0.15) is 0 Å². The van der Waals surface area contributed by atoms with Crippen LogP contribution in [0.15, 0.2) is 41.8 Å². The van der Waals surface area contributed by atoms with Crippen LogP contribution in [0, 0.1) is 0 Å². The van der Waals surface area contributed by atoms with Crippen LogP contribution in [0.3, 0.4) is 0 Å². The molecule has 0 bridgehead atoms. The number of benzene rings is 1. The number of aliphatic hydroxyl groups excluding tert-OH is 2. The first-order chi connectivity index (χ1) is 16.8. The van der Waals surface area contributed by atoms with E-state index < -0.39 is 24.0 Å². The molecule has 1 fully saturated rings. The number of aliphatic hydroxyl groups is 2. The van der Waals surface area contributed by atoms with E-state index in [1.54, 1.807) is 29.5 Å². The van der Waals surface area contributed by atoms with E-state index in [-0.39, 0.29) is 11.9 Å². The molecule has 1 aliphatic rings. The number of rotatable bonds is 11. The smallest absolute Gasteiger partial charge is 0.255 e. The highest BCUT2D eigenvalue weighted by Gasteiger charge is 2.38. The minimum absolute atomic E-state index is 0.195. The maximum absolute atomic E-state index is 13.0. The van der Waals surface area contributed by atoms with Gasteiger partial charge >= 0.3 is 0 Å². The van der Waals surface area contributed by atoms with Gasteiger partial charge < -0.3 is 30.6 Å². The van der Waals surface area contributed by atoms with Crippen LogP contribution in [-0.2, 0) is 16.0 Å². The number of nitrogens with zero attached hydrogens (tertiary/aromatic N) is 2. The van der Waals surface area contributed by atoms with Gasteiger partial charge in [-0.25, -0.2) is 0 Å². The van der Waals surface area contributed by atoms with Gasteiger partial charge in [0.05, 0.1) is 6.04 Å². The first-order valence-electron chi connectivity index (χ1n) is 11.8. The van der Waals surface area contributed by atoms with Crippen LogP contribution in [0.25, 0.3) is 0 Å². The molecule has 1 unspecified atom stereocenters. The zero-order valence-corrected chi connectivity index (χ0v) is 21.0. The summed E-state index contributed by atoms with van der Waals surface area (Å²) in [4.78, 5) is 42.4. The average Bonchev–Trinajstić information content (AvgIpc) is 3.54. The molecule has 0 aliphatic carbocycles. The van der Waals surface area contributed by atoms with Gasteiger partial charge in [-0.05, 0) is 62.5 Å². The molecule has 4 N–H and O–H groups in total. The number of likely N-dealkylation sites (N-methyl/N-ethyl adjacent to an activating group) is 1. The molecule has 2 aromatic rings. The fourth-order valence-electron chi connectivity index (χ4n) is 4.08. The maximum atomic E-state index is 13.0. The van der Waals surface area contributed by atoms with Gasteiger partial charge in [0, 0.05) is 36.6 Å². The second kappa shape index (κ2) is 12.8. The Bertz CT molecular complexity index is 998. The molecule has 0 radical (unpaired) electrons. The van der Waals surface area contributed by atoms with Crippen LogP contribution in [0.2, 0.25) is 0 Å². The molecule has 0 spiro atoms. The monoisotopic (exact) mass is 502 g/mol. The second-order valence-corrected chi connectivity index (χ2v) is 9.92. The van der Waals surface area contributed by atoms with Crippen molar-refractivity contribution in [3.8, 4) is 0 Å². The van der Waals surface area contributed by atoms with Crippen LogP contribution in [0.1, 0.15) is 39.7 Å². The number of hydrogen-bond acceptors (Lipinski definition) is 7. The van der Waals surface area contributed by atoms with Crippen molar-refractivity contribution in [2.45, 2.75) is 37.5 Å². The lowest BCUT2D eigenvalue weighted by atomic mass is 10.0. The fraction of sp³-hybridized carbons (Fsp3) is 0.480. The second-order valence-electron chi connectivity index (χ2n) is 8.88. The van der Waals surface area contributed by atoms with Crippen molar-refractivity contribution in [1.29, 1.82) is 0 Å².